The summed E-state index contributed by atoms with van der Waals surface area (Å²) in [5, 5.41) is 14.5. The number of nitrogens with two attached hydrogens (primary N) is 2. The van der Waals surface area contributed by atoms with Crippen molar-refractivity contribution in [3.05, 3.63) is 0 Å². The van der Waals surface area contributed by atoms with Gasteiger partial charge in [-0.1, -0.05) is 0 Å². The van der Waals surface area contributed by atoms with E-state index in [1.165, 1.54) is 12.8 Å². The molecule has 0 aromatic heterocycles. The third kappa shape index (κ3) is 9.05. The Labute approximate surface area is 159 Å². The highest BCUT2D eigenvalue weighted by Crippen LogP contribution is 2.07. The molecule has 0 saturated carbocycles. The Hall–Kier alpha value is -0.320. The highest BCUT2D eigenvalue weighted by molar-refractivity contribution is 4.81. The molecule has 8 nitrogen and oxygen atoms in total. The molecule has 2 unspecified atom stereocenters. The number of nitrogens with one attached hydrogen (secondary N) is 4. The smallest absolute Gasteiger partial charge is 0.0196 e. The minimum absolute atomic E-state index is 0.539. The molecule has 0 radical (unpaired) electrons. The van der Waals surface area contributed by atoms with E-state index in [1.807, 2.05) is 0 Å². The average Bonchev–Trinajstić information content (AvgIpc) is 2.81. The lowest BCUT2D eigenvalue weighted by Gasteiger charge is -2.30. The number of hydrogen-bond donors (Lipinski definition) is 6. The first-order valence-corrected chi connectivity index (χ1v) is 10.5. The molecule has 8 N–H and O–H groups in total. The van der Waals surface area contributed by atoms with Crippen molar-refractivity contribution in [2.24, 2.45) is 11.5 Å². The maximum absolute atomic E-state index is 5.80. The first-order chi connectivity index (χ1) is 12.8. The Bertz CT molecular complexity index is 311. The molecule has 2 fully saturated rings. The van der Waals surface area contributed by atoms with Gasteiger partial charge in [0.2, 0.25) is 0 Å². The second-order valence-electron chi connectivity index (χ2n) is 7.56. The predicted octanol–water partition coefficient (Wildman–Crippen LogP) is -2.59. The molecule has 0 aliphatic carbocycles. The Morgan fingerprint density at radius 2 is 1.12 bits per heavy atom. The molecule has 0 aromatic rings. The summed E-state index contributed by atoms with van der Waals surface area (Å²) in [5.74, 6) is 0. The van der Waals surface area contributed by atoms with Gasteiger partial charge in [-0.05, 0) is 12.8 Å². The SMILES string of the molecule is NCCN1CCNCCNC(CCC2CN(CCN)CCNCCN2)C1. The maximum Gasteiger partial charge on any atom is 0.0196 e. The lowest BCUT2D eigenvalue weighted by molar-refractivity contribution is 0.228. The molecule has 2 saturated heterocycles. The fourth-order valence-electron chi connectivity index (χ4n) is 3.95. The van der Waals surface area contributed by atoms with Crippen LogP contribution in [0.25, 0.3) is 0 Å². The van der Waals surface area contributed by atoms with Crippen molar-refractivity contribution in [3.63, 3.8) is 0 Å². The summed E-state index contributed by atoms with van der Waals surface area (Å²) in [7, 11) is 0. The van der Waals surface area contributed by atoms with E-state index in [-0.39, 0.29) is 0 Å². The van der Waals surface area contributed by atoms with Crippen LogP contribution in [0.5, 0.6) is 0 Å². The molecule has 2 aliphatic heterocycles. The van der Waals surface area contributed by atoms with Crippen LogP contribution in [0.2, 0.25) is 0 Å². The van der Waals surface area contributed by atoms with E-state index in [0.717, 1.165) is 91.6 Å². The lowest BCUT2D eigenvalue weighted by Crippen LogP contribution is -2.46. The van der Waals surface area contributed by atoms with Gasteiger partial charge >= 0.3 is 0 Å². The van der Waals surface area contributed by atoms with Crippen LogP contribution in [0.3, 0.4) is 0 Å². The second kappa shape index (κ2) is 13.8. The van der Waals surface area contributed by atoms with Gasteiger partial charge in [-0.25, -0.2) is 0 Å². The first kappa shape index (κ1) is 22.0. The highest BCUT2D eigenvalue weighted by Gasteiger charge is 2.19. The van der Waals surface area contributed by atoms with Crippen molar-refractivity contribution >= 4 is 0 Å². The zero-order valence-corrected chi connectivity index (χ0v) is 16.5. The molecule has 2 heterocycles. The molecule has 0 amide bonds. The van der Waals surface area contributed by atoms with Gasteiger partial charge in [-0.2, -0.15) is 0 Å². The van der Waals surface area contributed by atoms with Crippen LogP contribution in [0.15, 0.2) is 0 Å². The summed E-state index contributed by atoms with van der Waals surface area (Å²) in [6.45, 7) is 14.1. The highest BCUT2D eigenvalue weighted by atomic mass is 15.2. The van der Waals surface area contributed by atoms with Crippen molar-refractivity contribution < 1.29 is 0 Å². The molecule has 154 valence electrons. The van der Waals surface area contributed by atoms with Crippen LogP contribution in [0.4, 0.5) is 0 Å². The summed E-state index contributed by atoms with van der Waals surface area (Å²) >= 11 is 0. The van der Waals surface area contributed by atoms with E-state index >= 15 is 0 Å². The third-order valence-corrected chi connectivity index (χ3v) is 5.39. The van der Waals surface area contributed by atoms with Crippen LogP contribution in [-0.4, -0.2) is 114 Å². The molecule has 0 bridgehead atoms. The summed E-state index contributed by atoms with van der Waals surface area (Å²) < 4.78 is 0. The van der Waals surface area contributed by atoms with Crippen LogP contribution < -0.4 is 32.7 Å². The predicted molar refractivity (Wildman–Crippen MR) is 110 cm³/mol. The summed E-state index contributed by atoms with van der Waals surface area (Å²) in [4.78, 5) is 4.99. The van der Waals surface area contributed by atoms with Crippen molar-refractivity contribution in [2.75, 3.05) is 91.6 Å². The van der Waals surface area contributed by atoms with E-state index < -0.39 is 0 Å². The van der Waals surface area contributed by atoms with E-state index in [1.54, 1.807) is 0 Å². The van der Waals surface area contributed by atoms with Crippen LogP contribution in [-0.2, 0) is 0 Å². The van der Waals surface area contributed by atoms with Gasteiger partial charge in [0, 0.05) is 104 Å². The van der Waals surface area contributed by atoms with Gasteiger partial charge in [0.1, 0.15) is 0 Å². The fourth-order valence-corrected chi connectivity index (χ4v) is 3.95. The molecule has 26 heavy (non-hydrogen) atoms. The molecule has 2 rings (SSSR count). The third-order valence-electron chi connectivity index (χ3n) is 5.39. The topological polar surface area (TPSA) is 107 Å². The summed E-state index contributed by atoms with van der Waals surface area (Å²) in [6.07, 6.45) is 2.39. The number of nitrogens with zero attached hydrogens (tertiary/aromatic N) is 2. The van der Waals surface area contributed by atoms with E-state index in [0.29, 0.717) is 12.1 Å². The summed E-state index contributed by atoms with van der Waals surface area (Å²) in [6, 6.07) is 1.08. The van der Waals surface area contributed by atoms with Crippen molar-refractivity contribution in [2.45, 2.75) is 24.9 Å². The Balaban J connectivity index is 1.84. The van der Waals surface area contributed by atoms with Crippen LogP contribution >= 0.6 is 0 Å². The fraction of sp³-hybridized carbons (Fsp3) is 1.00. The molecule has 2 aliphatic rings. The van der Waals surface area contributed by atoms with Crippen molar-refractivity contribution in [1.82, 2.24) is 31.1 Å². The zero-order valence-electron chi connectivity index (χ0n) is 16.5. The van der Waals surface area contributed by atoms with Crippen molar-refractivity contribution in [3.8, 4) is 0 Å². The number of rotatable bonds is 7. The van der Waals surface area contributed by atoms with Gasteiger partial charge < -0.3 is 32.7 Å². The van der Waals surface area contributed by atoms with E-state index in [9.17, 15) is 0 Å². The lowest BCUT2D eigenvalue weighted by atomic mass is 10.0. The van der Waals surface area contributed by atoms with Gasteiger partial charge in [-0.15, -0.1) is 0 Å². The summed E-state index contributed by atoms with van der Waals surface area (Å²) in [5.41, 5.74) is 11.6. The molecular weight excluding hydrogens is 328 g/mol. The molecular formula is C18H42N8. The van der Waals surface area contributed by atoms with Crippen molar-refractivity contribution in [1.29, 1.82) is 0 Å². The zero-order chi connectivity index (χ0) is 18.5. The van der Waals surface area contributed by atoms with Gasteiger partial charge in [0.15, 0.2) is 0 Å². The quantitative estimate of drug-likeness (QED) is 0.290. The average molecular weight is 371 g/mol. The van der Waals surface area contributed by atoms with Gasteiger partial charge in [0.25, 0.3) is 0 Å². The monoisotopic (exact) mass is 370 g/mol. The van der Waals surface area contributed by atoms with Crippen LogP contribution in [0.1, 0.15) is 12.8 Å². The van der Waals surface area contributed by atoms with E-state index in [2.05, 4.69) is 31.1 Å². The molecule has 0 spiro atoms. The minimum atomic E-state index is 0.539. The largest absolute Gasteiger partial charge is 0.329 e. The Morgan fingerprint density at radius 1 is 0.654 bits per heavy atom. The maximum atomic E-state index is 5.80. The Kier molecular flexibility index (Phi) is 11.7. The second-order valence-corrected chi connectivity index (χ2v) is 7.56. The standard InChI is InChI=1S/C18H42N8/c19-3-11-25-13-9-21-5-7-23-17(15-25)1-2-18-16-26(12-4-20)14-10-22-6-8-24-18/h17-18,21-24H,1-16,19-20H2. The molecule has 0 aromatic carbocycles. The normalized spacial score (nSPS) is 28.4. The van der Waals surface area contributed by atoms with Gasteiger partial charge in [-0.3, -0.25) is 9.80 Å². The van der Waals surface area contributed by atoms with Crippen LogP contribution in [0, 0.1) is 0 Å². The minimum Gasteiger partial charge on any atom is -0.329 e. The Morgan fingerprint density at radius 3 is 1.54 bits per heavy atom. The molecule has 2 atom stereocenters. The van der Waals surface area contributed by atoms with E-state index in [4.69, 9.17) is 11.5 Å². The number of hydrogen-bond acceptors (Lipinski definition) is 8. The van der Waals surface area contributed by atoms with Gasteiger partial charge in [0.05, 0.1) is 0 Å². The first-order valence-electron chi connectivity index (χ1n) is 10.5. The molecule has 8 heteroatoms.